The first kappa shape index (κ1) is 13.7. The van der Waals surface area contributed by atoms with Crippen molar-refractivity contribution >= 4 is 27.5 Å². The number of hydrogen-bond acceptors (Lipinski definition) is 6. The van der Waals surface area contributed by atoms with Crippen molar-refractivity contribution in [2.45, 2.75) is 33.2 Å². The third-order valence-corrected chi connectivity index (χ3v) is 4.13. The molecule has 0 aliphatic heterocycles. The molecule has 0 atom stereocenters. The zero-order valence-electron chi connectivity index (χ0n) is 11.1. The van der Waals surface area contributed by atoms with Crippen LogP contribution in [-0.2, 0) is 16.1 Å². The van der Waals surface area contributed by atoms with Crippen LogP contribution in [-0.4, -0.2) is 28.1 Å². The molecule has 6 nitrogen and oxygen atoms in total. The van der Waals surface area contributed by atoms with Crippen molar-refractivity contribution in [1.29, 1.82) is 0 Å². The average molecular weight is 281 g/mol. The molecule has 2 aromatic heterocycles. The van der Waals surface area contributed by atoms with E-state index in [4.69, 9.17) is 0 Å². The van der Waals surface area contributed by atoms with Gasteiger partial charge in [0.2, 0.25) is 0 Å². The molecule has 7 heteroatoms. The van der Waals surface area contributed by atoms with Gasteiger partial charge in [-0.2, -0.15) is 0 Å². The molecule has 102 valence electrons. The molecule has 2 aromatic rings. The maximum absolute atomic E-state index is 12.3. The monoisotopic (exact) mass is 281 g/mol. The highest BCUT2D eigenvalue weighted by Crippen LogP contribution is 2.24. The molecule has 19 heavy (non-hydrogen) atoms. The molecule has 2 rings (SSSR count). The zero-order chi connectivity index (χ0) is 14.0. The second kappa shape index (κ2) is 5.48. The summed E-state index contributed by atoms with van der Waals surface area (Å²) >= 11 is 1.47. The Kier molecular flexibility index (Phi) is 3.94. The standard InChI is InChI=1S/C12H15N3O3S/c1-7-8(2)19-11-10(7)12(17)15(14-13-11)6-4-5-9(16)18-3/h4-6H2,1-3H3. The van der Waals surface area contributed by atoms with Crippen LogP contribution in [0.1, 0.15) is 23.3 Å². The van der Waals surface area contributed by atoms with Crippen molar-refractivity contribution in [2.75, 3.05) is 7.11 Å². The number of esters is 1. The Morgan fingerprint density at radius 3 is 2.84 bits per heavy atom. The Morgan fingerprint density at radius 2 is 2.16 bits per heavy atom. The summed E-state index contributed by atoms with van der Waals surface area (Å²) in [6.07, 6.45) is 0.777. The van der Waals surface area contributed by atoms with Crippen LogP contribution in [0.4, 0.5) is 0 Å². The number of carbonyl (C=O) groups excluding carboxylic acids is 1. The van der Waals surface area contributed by atoms with Crippen LogP contribution in [0.2, 0.25) is 0 Å². The quantitative estimate of drug-likeness (QED) is 0.792. The third kappa shape index (κ3) is 2.65. The van der Waals surface area contributed by atoms with Gasteiger partial charge in [-0.3, -0.25) is 9.59 Å². The summed E-state index contributed by atoms with van der Waals surface area (Å²) in [4.78, 5) is 25.0. The predicted octanol–water partition coefficient (Wildman–Crippen LogP) is 1.42. The van der Waals surface area contributed by atoms with Gasteiger partial charge in [0.25, 0.3) is 5.56 Å². The molecule has 0 radical (unpaired) electrons. The van der Waals surface area contributed by atoms with E-state index in [0.29, 0.717) is 23.2 Å². The van der Waals surface area contributed by atoms with Crippen LogP contribution in [0.3, 0.4) is 0 Å². The lowest BCUT2D eigenvalue weighted by Crippen LogP contribution is -2.24. The summed E-state index contributed by atoms with van der Waals surface area (Å²) in [6, 6.07) is 0. The van der Waals surface area contributed by atoms with Crippen LogP contribution in [0, 0.1) is 13.8 Å². The average Bonchev–Trinajstić information content (AvgIpc) is 2.68. The number of methoxy groups -OCH3 is 1. The van der Waals surface area contributed by atoms with Gasteiger partial charge in [0, 0.05) is 17.8 Å². The fourth-order valence-corrected chi connectivity index (χ4v) is 2.78. The van der Waals surface area contributed by atoms with Gasteiger partial charge in [-0.05, 0) is 25.8 Å². The number of aromatic nitrogens is 3. The van der Waals surface area contributed by atoms with Crippen molar-refractivity contribution in [2.24, 2.45) is 0 Å². The summed E-state index contributed by atoms with van der Waals surface area (Å²) in [5, 5.41) is 8.59. The van der Waals surface area contributed by atoms with E-state index in [1.807, 2.05) is 13.8 Å². The smallest absolute Gasteiger partial charge is 0.305 e. The SMILES string of the molecule is COC(=O)CCCn1nnc2sc(C)c(C)c2c1=O. The number of hydrogen-bond donors (Lipinski definition) is 0. The van der Waals surface area contributed by atoms with Gasteiger partial charge in [0.1, 0.15) is 0 Å². The predicted molar refractivity (Wildman–Crippen MR) is 72.4 cm³/mol. The Hall–Kier alpha value is -1.76. The van der Waals surface area contributed by atoms with Gasteiger partial charge < -0.3 is 4.74 Å². The Balaban J connectivity index is 2.25. The number of carbonyl (C=O) groups is 1. The Bertz CT molecular complexity index is 675. The zero-order valence-corrected chi connectivity index (χ0v) is 11.9. The lowest BCUT2D eigenvalue weighted by Gasteiger charge is -2.03. The first-order valence-electron chi connectivity index (χ1n) is 5.95. The molecule has 0 aliphatic rings. The van der Waals surface area contributed by atoms with Crippen molar-refractivity contribution in [1.82, 2.24) is 15.0 Å². The van der Waals surface area contributed by atoms with E-state index in [1.165, 1.54) is 23.1 Å². The molecule has 0 saturated carbocycles. The van der Waals surface area contributed by atoms with E-state index in [0.717, 1.165) is 10.4 Å². The van der Waals surface area contributed by atoms with Gasteiger partial charge in [-0.25, -0.2) is 4.68 Å². The lowest BCUT2D eigenvalue weighted by molar-refractivity contribution is -0.140. The first-order chi connectivity index (χ1) is 9.04. The van der Waals surface area contributed by atoms with Crippen LogP contribution < -0.4 is 5.56 Å². The van der Waals surface area contributed by atoms with E-state index in [9.17, 15) is 9.59 Å². The van der Waals surface area contributed by atoms with Crippen molar-refractivity contribution < 1.29 is 9.53 Å². The first-order valence-corrected chi connectivity index (χ1v) is 6.76. The minimum Gasteiger partial charge on any atom is -0.469 e. The van der Waals surface area contributed by atoms with E-state index in [1.54, 1.807) is 0 Å². The van der Waals surface area contributed by atoms with Crippen molar-refractivity contribution in [3.63, 3.8) is 0 Å². The molecule has 0 aromatic carbocycles. The van der Waals surface area contributed by atoms with Gasteiger partial charge >= 0.3 is 5.97 Å². The van der Waals surface area contributed by atoms with Crippen LogP contribution >= 0.6 is 11.3 Å². The van der Waals surface area contributed by atoms with Gasteiger partial charge in [-0.15, -0.1) is 16.4 Å². The van der Waals surface area contributed by atoms with Crippen LogP contribution in [0.5, 0.6) is 0 Å². The lowest BCUT2D eigenvalue weighted by atomic mass is 10.2. The molecular weight excluding hydrogens is 266 g/mol. The van der Waals surface area contributed by atoms with Gasteiger partial charge in [0.05, 0.1) is 12.5 Å². The molecule has 0 fully saturated rings. The third-order valence-electron chi connectivity index (χ3n) is 3.04. The summed E-state index contributed by atoms with van der Waals surface area (Å²) in [5.41, 5.74) is 0.818. The van der Waals surface area contributed by atoms with Crippen LogP contribution in [0.15, 0.2) is 4.79 Å². The highest BCUT2D eigenvalue weighted by atomic mass is 32.1. The Labute approximate surface area is 114 Å². The number of fused-ring (bicyclic) bond motifs is 1. The number of ether oxygens (including phenoxy) is 1. The van der Waals surface area contributed by atoms with Gasteiger partial charge in [0.15, 0.2) is 4.83 Å². The number of nitrogens with zero attached hydrogens (tertiary/aromatic N) is 3. The summed E-state index contributed by atoms with van der Waals surface area (Å²) < 4.78 is 5.86. The molecule has 0 spiro atoms. The molecule has 0 bridgehead atoms. The largest absolute Gasteiger partial charge is 0.469 e. The second-order valence-corrected chi connectivity index (χ2v) is 5.46. The topological polar surface area (TPSA) is 74.1 Å². The number of thiophene rings is 1. The Morgan fingerprint density at radius 1 is 1.42 bits per heavy atom. The second-order valence-electron chi connectivity index (χ2n) is 4.26. The molecule has 2 heterocycles. The normalized spacial score (nSPS) is 10.9. The summed E-state index contributed by atoms with van der Waals surface area (Å²) in [6.45, 7) is 4.24. The van der Waals surface area contributed by atoms with E-state index < -0.39 is 0 Å². The molecule has 0 amide bonds. The fourth-order valence-electron chi connectivity index (χ4n) is 1.82. The molecule has 0 aliphatic carbocycles. The fraction of sp³-hybridized carbons (Fsp3) is 0.500. The number of aryl methyl sites for hydroxylation is 3. The molecule has 0 unspecified atom stereocenters. The van der Waals surface area contributed by atoms with Gasteiger partial charge in [-0.1, -0.05) is 5.21 Å². The molecule has 0 saturated heterocycles. The molecular formula is C12H15N3O3S. The van der Waals surface area contributed by atoms with E-state index >= 15 is 0 Å². The highest BCUT2D eigenvalue weighted by Gasteiger charge is 2.13. The van der Waals surface area contributed by atoms with E-state index in [-0.39, 0.29) is 17.9 Å². The maximum atomic E-state index is 12.3. The molecule has 0 N–H and O–H groups in total. The van der Waals surface area contributed by atoms with Crippen LogP contribution in [0.25, 0.3) is 10.2 Å². The minimum atomic E-state index is -0.287. The van der Waals surface area contributed by atoms with E-state index in [2.05, 4.69) is 15.0 Å². The van der Waals surface area contributed by atoms with Crippen molar-refractivity contribution in [3.05, 3.63) is 20.8 Å². The maximum Gasteiger partial charge on any atom is 0.305 e. The summed E-state index contributed by atoms with van der Waals surface area (Å²) in [7, 11) is 1.35. The minimum absolute atomic E-state index is 0.142. The summed E-state index contributed by atoms with van der Waals surface area (Å²) in [5.74, 6) is -0.287. The van der Waals surface area contributed by atoms with Crippen molar-refractivity contribution in [3.8, 4) is 0 Å². The highest BCUT2D eigenvalue weighted by molar-refractivity contribution is 7.18. The number of rotatable bonds is 4.